The summed E-state index contributed by atoms with van der Waals surface area (Å²) >= 11 is 5.71. The number of anilines is 2. The minimum Gasteiger partial charge on any atom is -0.382 e. The molecule has 0 radical (unpaired) electrons. The third-order valence-corrected chi connectivity index (χ3v) is 1.66. The number of nitrogens with zero attached hydrogens (tertiary/aromatic N) is 2. The van der Waals surface area contributed by atoms with Crippen LogP contribution in [0.5, 0.6) is 0 Å². The van der Waals surface area contributed by atoms with E-state index < -0.39 is 0 Å². The predicted octanol–water partition coefficient (Wildman–Crippen LogP) is 1.99. The predicted molar refractivity (Wildman–Crippen MR) is 55.4 cm³/mol. The quantitative estimate of drug-likeness (QED) is 0.781. The van der Waals surface area contributed by atoms with Crippen LogP contribution in [0.25, 0.3) is 0 Å². The average Bonchev–Trinajstić information content (AvgIpc) is 2.10. The molecule has 1 aromatic heterocycles. The molecular formula is C8H13ClN4. The second-order valence-corrected chi connectivity index (χ2v) is 2.88. The Hall–Kier alpha value is -1.03. The second-order valence-electron chi connectivity index (χ2n) is 2.49. The van der Waals surface area contributed by atoms with Crippen molar-refractivity contribution in [1.29, 1.82) is 0 Å². The largest absolute Gasteiger partial charge is 0.382 e. The molecule has 0 aliphatic rings. The molecule has 0 saturated carbocycles. The number of nitrogens with one attached hydrogen (secondary N) is 2. The summed E-state index contributed by atoms with van der Waals surface area (Å²) in [4.78, 5) is 0. The smallest absolute Gasteiger partial charge is 0.172 e. The van der Waals surface area contributed by atoms with Crippen LogP contribution in [0.2, 0.25) is 5.15 Å². The maximum atomic E-state index is 5.71. The molecule has 0 aliphatic carbocycles. The van der Waals surface area contributed by atoms with E-state index in [2.05, 4.69) is 20.8 Å². The highest BCUT2D eigenvalue weighted by Crippen LogP contribution is 2.20. The van der Waals surface area contributed by atoms with Crippen molar-refractivity contribution in [3.8, 4) is 0 Å². The van der Waals surface area contributed by atoms with Crippen LogP contribution in [0.1, 0.15) is 13.8 Å². The third kappa shape index (κ3) is 2.73. The van der Waals surface area contributed by atoms with Crippen LogP contribution in [-0.2, 0) is 0 Å². The number of hydrogen-bond acceptors (Lipinski definition) is 4. The standard InChI is InChI=1S/C8H13ClN4/c1-3-10-6-5-7(9)12-13-8(6)11-4-2/h5H,3-4H2,1-2H3,(H,10,12)(H,11,13). The minimum atomic E-state index is 0.401. The van der Waals surface area contributed by atoms with E-state index >= 15 is 0 Å². The van der Waals surface area contributed by atoms with Gasteiger partial charge in [0.15, 0.2) is 11.0 Å². The van der Waals surface area contributed by atoms with Crippen molar-refractivity contribution >= 4 is 23.1 Å². The fourth-order valence-electron chi connectivity index (χ4n) is 0.991. The van der Waals surface area contributed by atoms with E-state index in [4.69, 9.17) is 11.6 Å². The molecule has 1 aromatic rings. The van der Waals surface area contributed by atoms with Gasteiger partial charge in [0.2, 0.25) is 0 Å². The summed E-state index contributed by atoms with van der Waals surface area (Å²) in [6.45, 7) is 5.67. The highest BCUT2D eigenvalue weighted by atomic mass is 35.5. The lowest BCUT2D eigenvalue weighted by atomic mass is 10.4. The zero-order chi connectivity index (χ0) is 9.68. The topological polar surface area (TPSA) is 49.8 Å². The highest BCUT2D eigenvalue weighted by Gasteiger charge is 2.03. The van der Waals surface area contributed by atoms with Crippen molar-refractivity contribution in [2.75, 3.05) is 23.7 Å². The lowest BCUT2D eigenvalue weighted by Crippen LogP contribution is -2.07. The summed E-state index contributed by atoms with van der Waals surface area (Å²) in [5.41, 5.74) is 0.893. The fourth-order valence-corrected chi connectivity index (χ4v) is 1.14. The van der Waals surface area contributed by atoms with Gasteiger partial charge in [-0.15, -0.1) is 10.2 Å². The van der Waals surface area contributed by atoms with Crippen molar-refractivity contribution in [2.24, 2.45) is 0 Å². The summed E-state index contributed by atoms with van der Waals surface area (Å²) in [6, 6.07) is 1.76. The van der Waals surface area contributed by atoms with Gasteiger partial charge < -0.3 is 10.6 Å². The Kier molecular flexibility index (Phi) is 3.76. The molecule has 4 nitrogen and oxygen atoms in total. The Labute approximate surface area is 82.7 Å². The van der Waals surface area contributed by atoms with E-state index in [0.717, 1.165) is 24.6 Å². The van der Waals surface area contributed by atoms with Gasteiger partial charge in [0.1, 0.15) is 0 Å². The molecule has 5 heteroatoms. The molecule has 0 saturated heterocycles. The highest BCUT2D eigenvalue weighted by molar-refractivity contribution is 6.29. The van der Waals surface area contributed by atoms with Crippen molar-refractivity contribution in [3.63, 3.8) is 0 Å². The van der Waals surface area contributed by atoms with Crippen LogP contribution < -0.4 is 10.6 Å². The van der Waals surface area contributed by atoms with Crippen molar-refractivity contribution < 1.29 is 0 Å². The van der Waals surface area contributed by atoms with Gasteiger partial charge in [-0.3, -0.25) is 0 Å². The number of rotatable bonds is 4. The van der Waals surface area contributed by atoms with Gasteiger partial charge in [-0.2, -0.15) is 0 Å². The lowest BCUT2D eigenvalue weighted by molar-refractivity contribution is 1.01. The van der Waals surface area contributed by atoms with Crippen LogP contribution in [0.15, 0.2) is 6.07 Å². The summed E-state index contributed by atoms with van der Waals surface area (Å²) in [5, 5.41) is 14.3. The van der Waals surface area contributed by atoms with Crippen molar-refractivity contribution in [1.82, 2.24) is 10.2 Å². The van der Waals surface area contributed by atoms with Gasteiger partial charge in [-0.05, 0) is 13.8 Å². The van der Waals surface area contributed by atoms with Gasteiger partial charge >= 0.3 is 0 Å². The van der Waals surface area contributed by atoms with E-state index in [-0.39, 0.29) is 0 Å². The molecule has 1 heterocycles. The van der Waals surface area contributed by atoms with Crippen molar-refractivity contribution in [2.45, 2.75) is 13.8 Å². The summed E-state index contributed by atoms with van der Waals surface area (Å²) in [6.07, 6.45) is 0. The molecule has 2 N–H and O–H groups in total. The molecule has 0 amide bonds. The van der Waals surface area contributed by atoms with E-state index in [1.54, 1.807) is 6.07 Å². The van der Waals surface area contributed by atoms with Gasteiger partial charge in [0, 0.05) is 19.2 Å². The fraction of sp³-hybridized carbons (Fsp3) is 0.500. The van der Waals surface area contributed by atoms with Crippen LogP contribution in [-0.4, -0.2) is 23.3 Å². The maximum Gasteiger partial charge on any atom is 0.172 e. The molecule has 0 unspecified atom stereocenters. The Morgan fingerprint density at radius 1 is 1.23 bits per heavy atom. The number of halogens is 1. The molecule has 0 atom stereocenters. The van der Waals surface area contributed by atoms with E-state index in [9.17, 15) is 0 Å². The van der Waals surface area contributed by atoms with Gasteiger partial charge in [0.25, 0.3) is 0 Å². The summed E-state index contributed by atoms with van der Waals surface area (Å²) in [5.74, 6) is 0.744. The van der Waals surface area contributed by atoms with E-state index in [1.165, 1.54) is 0 Å². The van der Waals surface area contributed by atoms with Gasteiger partial charge in [-0.1, -0.05) is 11.6 Å². The SMILES string of the molecule is CCNc1cc(Cl)nnc1NCC. The van der Waals surface area contributed by atoms with Crippen LogP contribution in [0.3, 0.4) is 0 Å². The van der Waals surface area contributed by atoms with Gasteiger partial charge in [-0.25, -0.2) is 0 Å². The molecule has 0 fully saturated rings. The first-order valence-corrected chi connectivity index (χ1v) is 4.66. The molecule has 1 rings (SSSR count). The number of aromatic nitrogens is 2. The second kappa shape index (κ2) is 4.87. The Morgan fingerprint density at radius 3 is 2.54 bits per heavy atom. The van der Waals surface area contributed by atoms with E-state index in [1.807, 2.05) is 13.8 Å². The molecule has 72 valence electrons. The molecule has 0 aliphatic heterocycles. The Balaban J connectivity index is 2.89. The Morgan fingerprint density at radius 2 is 1.92 bits per heavy atom. The molecule has 13 heavy (non-hydrogen) atoms. The Bertz CT molecular complexity index is 277. The number of hydrogen-bond donors (Lipinski definition) is 2. The average molecular weight is 201 g/mol. The summed E-state index contributed by atoms with van der Waals surface area (Å²) in [7, 11) is 0. The maximum absolute atomic E-state index is 5.71. The van der Waals surface area contributed by atoms with E-state index in [0.29, 0.717) is 5.15 Å². The zero-order valence-corrected chi connectivity index (χ0v) is 8.52. The third-order valence-electron chi connectivity index (χ3n) is 1.48. The minimum absolute atomic E-state index is 0.401. The van der Waals surface area contributed by atoms with Crippen LogP contribution >= 0.6 is 11.6 Å². The molecular weight excluding hydrogens is 188 g/mol. The lowest BCUT2D eigenvalue weighted by Gasteiger charge is -2.09. The molecule has 0 spiro atoms. The van der Waals surface area contributed by atoms with Crippen LogP contribution in [0, 0.1) is 0 Å². The zero-order valence-electron chi connectivity index (χ0n) is 7.76. The first kappa shape index (κ1) is 10.1. The van der Waals surface area contributed by atoms with Gasteiger partial charge in [0.05, 0.1) is 5.69 Å². The summed E-state index contributed by atoms with van der Waals surface area (Å²) < 4.78 is 0. The van der Waals surface area contributed by atoms with Crippen LogP contribution in [0.4, 0.5) is 11.5 Å². The van der Waals surface area contributed by atoms with Crippen molar-refractivity contribution in [3.05, 3.63) is 11.2 Å². The molecule has 0 aromatic carbocycles. The first-order chi connectivity index (χ1) is 6.27. The monoisotopic (exact) mass is 200 g/mol. The first-order valence-electron chi connectivity index (χ1n) is 4.28. The molecule has 0 bridgehead atoms. The normalized spacial score (nSPS) is 9.77.